The number of nitrogens with zero attached hydrogens (tertiary/aromatic N) is 3. The SMILES string of the molecule is Cc1cc(C=CC(=O)O)cc(N(Cc2ccc(COc3ccc(N(C)C)cc3)cn2)C(=O)C2CCOCC2)c1. The summed E-state index contributed by atoms with van der Waals surface area (Å²) >= 11 is 0. The van der Waals surface area contributed by atoms with Crippen molar-refractivity contribution in [1.82, 2.24) is 4.98 Å². The molecule has 8 heteroatoms. The fourth-order valence-corrected chi connectivity index (χ4v) is 4.48. The molecule has 1 aliphatic rings. The van der Waals surface area contributed by atoms with Crippen molar-refractivity contribution in [2.75, 3.05) is 37.1 Å². The normalized spacial score (nSPS) is 13.8. The molecule has 0 unspecified atom stereocenters. The van der Waals surface area contributed by atoms with E-state index in [9.17, 15) is 9.59 Å². The van der Waals surface area contributed by atoms with Gasteiger partial charge in [-0.05, 0) is 79.4 Å². The Labute approximate surface area is 229 Å². The summed E-state index contributed by atoms with van der Waals surface area (Å²) < 4.78 is 11.4. The van der Waals surface area contributed by atoms with Gasteiger partial charge in [0.05, 0.1) is 12.2 Å². The Balaban J connectivity index is 1.51. The van der Waals surface area contributed by atoms with Gasteiger partial charge in [-0.15, -0.1) is 0 Å². The molecule has 204 valence electrons. The summed E-state index contributed by atoms with van der Waals surface area (Å²) in [5.74, 6) is -0.353. The van der Waals surface area contributed by atoms with E-state index in [0.29, 0.717) is 44.9 Å². The summed E-state index contributed by atoms with van der Waals surface area (Å²) in [6.07, 6.45) is 5.76. The van der Waals surface area contributed by atoms with Gasteiger partial charge in [0.2, 0.25) is 5.91 Å². The van der Waals surface area contributed by atoms with Crippen LogP contribution in [0, 0.1) is 12.8 Å². The van der Waals surface area contributed by atoms with Crippen molar-refractivity contribution in [3.63, 3.8) is 0 Å². The Morgan fingerprint density at radius 1 is 1.05 bits per heavy atom. The molecule has 0 bridgehead atoms. The summed E-state index contributed by atoms with van der Waals surface area (Å²) in [6.45, 7) is 3.75. The second-order valence-corrected chi connectivity index (χ2v) is 9.92. The lowest BCUT2D eigenvalue weighted by Crippen LogP contribution is -2.38. The lowest BCUT2D eigenvalue weighted by Gasteiger charge is -2.30. The molecule has 8 nitrogen and oxygen atoms in total. The molecule has 1 saturated heterocycles. The van der Waals surface area contributed by atoms with Crippen molar-refractivity contribution in [1.29, 1.82) is 0 Å². The Morgan fingerprint density at radius 2 is 1.79 bits per heavy atom. The maximum atomic E-state index is 13.7. The van der Waals surface area contributed by atoms with Crippen LogP contribution in [-0.4, -0.2) is 49.3 Å². The molecule has 2 heterocycles. The Bertz CT molecular complexity index is 1300. The second kappa shape index (κ2) is 13.1. The minimum atomic E-state index is -1.02. The highest BCUT2D eigenvalue weighted by atomic mass is 16.5. The van der Waals surface area contributed by atoms with Crippen LogP contribution in [0.15, 0.2) is 66.9 Å². The van der Waals surface area contributed by atoms with Gasteiger partial charge < -0.3 is 24.4 Å². The van der Waals surface area contributed by atoms with Crippen LogP contribution in [0.1, 0.15) is 35.2 Å². The van der Waals surface area contributed by atoms with Gasteiger partial charge in [0, 0.05) is 62.4 Å². The van der Waals surface area contributed by atoms with Crippen LogP contribution in [0.5, 0.6) is 5.75 Å². The molecule has 0 saturated carbocycles. The number of amides is 1. The first kappa shape index (κ1) is 27.9. The zero-order valence-corrected chi connectivity index (χ0v) is 22.7. The number of benzene rings is 2. The number of carboxylic acid groups (broad SMARTS) is 1. The molecule has 0 atom stereocenters. The van der Waals surface area contributed by atoms with Crippen LogP contribution in [0.25, 0.3) is 6.08 Å². The van der Waals surface area contributed by atoms with Crippen molar-refractivity contribution in [2.45, 2.75) is 32.9 Å². The number of anilines is 2. The van der Waals surface area contributed by atoms with Crippen LogP contribution in [0.4, 0.5) is 11.4 Å². The number of carboxylic acids is 1. The van der Waals surface area contributed by atoms with Gasteiger partial charge >= 0.3 is 5.97 Å². The lowest BCUT2D eigenvalue weighted by molar-refractivity contribution is -0.131. The van der Waals surface area contributed by atoms with Crippen molar-refractivity contribution in [3.05, 3.63) is 89.3 Å². The molecule has 1 fully saturated rings. The lowest BCUT2D eigenvalue weighted by atomic mass is 9.97. The number of aryl methyl sites for hydroxylation is 1. The predicted octanol–water partition coefficient (Wildman–Crippen LogP) is 5.09. The van der Waals surface area contributed by atoms with E-state index in [0.717, 1.165) is 39.9 Å². The minimum Gasteiger partial charge on any atom is -0.489 e. The highest BCUT2D eigenvalue weighted by Crippen LogP contribution is 2.27. The molecule has 39 heavy (non-hydrogen) atoms. The molecule has 0 radical (unpaired) electrons. The molecule has 1 aromatic heterocycles. The number of aromatic nitrogens is 1. The summed E-state index contributed by atoms with van der Waals surface area (Å²) in [5, 5.41) is 9.05. The number of rotatable bonds is 10. The summed E-state index contributed by atoms with van der Waals surface area (Å²) in [5.41, 5.74) is 5.14. The van der Waals surface area contributed by atoms with E-state index in [1.807, 2.05) is 80.5 Å². The molecule has 1 N–H and O–H groups in total. The smallest absolute Gasteiger partial charge is 0.328 e. The molecule has 1 aliphatic heterocycles. The standard InChI is InChI=1S/C31H35N3O5/c1-22-16-23(5-11-30(35)36)18-28(17-22)34(31(37)25-12-14-38-15-13-25)20-26-6-4-24(19-32-26)21-39-29-9-7-27(8-10-29)33(2)3/h4-11,16-19,25H,12-15,20-21H2,1-3H3,(H,35,36). The Morgan fingerprint density at radius 3 is 2.44 bits per heavy atom. The molecule has 0 aliphatic carbocycles. The minimum absolute atomic E-state index is 0.0208. The topological polar surface area (TPSA) is 92.2 Å². The largest absolute Gasteiger partial charge is 0.489 e. The van der Waals surface area contributed by atoms with E-state index < -0.39 is 5.97 Å². The van der Waals surface area contributed by atoms with Gasteiger partial charge in [0.25, 0.3) is 0 Å². The molecule has 2 aromatic carbocycles. The number of carbonyl (C=O) groups is 2. The second-order valence-electron chi connectivity index (χ2n) is 9.92. The van der Waals surface area contributed by atoms with Gasteiger partial charge in [0.1, 0.15) is 12.4 Å². The van der Waals surface area contributed by atoms with E-state index in [1.54, 1.807) is 11.1 Å². The van der Waals surface area contributed by atoms with Gasteiger partial charge in [-0.3, -0.25) is 9.78 Å². The van der Waals surface area contributed by atoms with Crippen LogP contribution in [-0.2, 0) is 27.5 Å². The highest BCUT2D eigenvalue weighted by Gasteiger charge is 2.28. The summed E-state index contributed by atoms with van der Waals surface area (Å²) in [6, 6.07) is 17.5. The zero-order valence-electron chi connectivity index (χ0n) is 22.7. The van der Waals surface area contributed by atoms with Crippen molar-refractivity contribution < 1.29 is 24.2 Å². The number of hydrogen-bond donors (Lipinski definition) is 1. The molecule has 0 spiro atoms. The third-order valence-electron chi connectivity index (χ3n) is 6.62. The van der Waals surface area contributed by atoms with Gasteiger partial charge in [-0.25, -0.2) is 4.79 Å². The molecule has 4 rings (SSSR count). The van der Waals surface area contributed by atoms with Crippen LogP contribution < -0.4 is 14.5 Å². The van der Waals surface area contributed by atoms with E-state index >= 15 is 0 Å². The average molecular weight is 530 g/mol. The van der Waals surface area contributed by atoms with Crippen molar-refractivity contribution >= 4 is 29.3 Å². The zero-order chi connectivity index (χ0) is 27.8. The maximum absolute atomic E-state index is 13.7. The van der Waals surface area contributed by atoms with Crippen molar-refractivity contribution in [2.24, 2.45) is 5.92 Å². The van der Waals surface area contributed by atoms with Crippen molar-refractivity contribution in [3.8, 4) is 5.75 Å². The number of hydrogen-bond acceptors (Lipinski definition) is 6. The van der Waals surface area contributed by atoms with Gasteiger partial charge in [-0.2, -0.15) is 0 Å². The predicted molar refractivity (Wildman–Crippen MR) is 152 cm³/mol. The van der Waals surface area contributed by atoms with Gasteiger partial charge in [0.15, 0.2) is 0 Å². The fourth-order valence-electron chi connectivity index (χ4n) is 4.48. The van der Waals surface area contributed by atoms with E-state index in [1.165, 1.54) is 6.08 Å². The number of carbonyl (C=O) groups excluding carboxylic acids is 1. The van der Waals surface area contributed by atoms with E-state index in [2.05, 4.69) is 4.98 Å². The maximum Gasteiger partial charge on any atom is 0.328 e. The number of pyridine rings is 1. The third-order valence-corrected chi connectivity index (χ3v) is 6.62. The fraction of sp³-hybridized carbons (Fsp3) is 0.323. The first-order valence-electron chi connectivity index (χ1n) is 13.0. The van der Waals surface area contributed by atoms with E-state index in [-0.39, 0.29) is 11.8 Å². The van der Waals surface area contributed by atoms with Crippen LogP contribution in [0.3, 0.4) is 0 Å². The third kappa shape index (κ3) is 7.91. The monoisotopic (exact) mass is 529 g/mol. The number of aliphatic carboxylic acids is 1. The highest BCUT2D eigenvalue weighted by molar-refractivity contribution is 5.95. The Hall–Kier alpha value is -4.17. The van der Waals surface area contributed by atoms with Gasteiger partial charge in [-0.1, -0.05) is 12.1 Å². The van der Waals surface area contributed by atoms with Crippen LogP contribution in [0.2, 0.25) is 0 Å². The molecular weight excluding hydrogens is 494 g/mol. The molecule has 1 amide bonds. The first-order valence-corrected chi connectivity index (χ1v) is 13.0. The summed E-state index contributed by atoms with van der Waals surface area (Å²) in [7, 11) is 3.99. The van der Waals surface area contributed by atoms with E-state index in [4.69, 9.17) is 14.6 Å². The van der Waals surface area contributed by atoms with Crippen LogP contribution >= 0.6 is 0 Å². The first-order chi connectivity index (χ1) is 18.8. The molecular formula is C31H35N3O5. The Kier molecular flexibility index (Phi) is 9.33. The summed E-state index contributed by atoms with van der Waals surface area (Å²) in [4.78, 5) is 33.2. The molecule has 3 aromatic rings. The number of ether oxygens (including phenoxy) is 2. The average Bonchev–Trinajstić information content (AvgIpc) is 2.94. The quantitative estimate of drug-likeness (QED) is 0.366.